The number of nitrogens with zero attached hydrogens (tertiary/aromatic N) is 2. The molecule has 144 valence electrons. The number of benzene rings is 1. The molecule has 26 heavy (non-hydrogen) atoms. The summed E-state index contributed by atoms with van der Waals surface area (Å²) < 4.78 is 12.2. The van der Waals surface area contributed by atoms with E-state index in [1.54, 1.807) is 0 Å². The predicted molar refractivity (Wildman–Crippen MR) is 106 cm³/mol. The smallest absolute Gasteiger partial charge is 0.263 e. The highest BCUT2D eigenvalue weighted by atomic mass is 79.9. The van der Waals surface area contributed by atoms with E-state index >= 15 is 0 Å². The van der Waals surface area contributed by atoms with Crippen molar-refractivity contribution in [3.05, 3.63) is 28.2 Å². The molecule has 1 aromatic carbocycles. The maximum Gasteiger partial charge on any atom is 0.263 e. The van der Waals surface area contributed by atoms with Gasteiger partial charge in [-0.15, -0.1) is 0 Å². The largest absolute Gasteiger partial charge is 0.480 e. The molecule has 3 rings (SSSR count). The molecule has 2 fully saturated rings. The Kier molecular flexibility index (Phi) is 6.95. The highest BCUT2D eigenvalue weighted by molar-refractivity contribution is 9.10. The van der Waals surface area contributed by atoms with Crippen molar-refractivity contribution in [3.63, 3.8) is 0 Å². The minimum Gasteiger partial charge on any atom is -0.480 e. The molecule has 2 aliphatic heterocycles. The summed E-state index contributed by atoms with van der Waals surface area (Å²) in [4.78, 5) is 17.2. The molecule has 6 heteroatoms. The topological polar surface area (TPSA) is 42.0 Å². The Balaban J connectivity index is 1.46. The number of carbonyl (C=O) groups excluding carboxylic acids is 1. The second kappa shape index (κ2) is 9.20. The number of hydrogen-bond acceptors (Lipinski definition) is 4. The van der Waals surface area contributed by atoms with E-state index in [0.29, 0.717) is 5.92 Å². The maximum absolute atomic E-state index is 12.7. The van der Waals surface area contributed by atoms with Crippen LogP contribution in [0.25, 0.3) is 0 Å². The number of piperidine rings is 1. The van der Waals surface area contributed by atoms with Crippen molar-refractivity contribution in [2.75, 3.05) is 45.9 Å². The molecule has 0 aromatic heterocycles. The number of likely N-dealkylation sites (tertiary alicyclic amines) is 1. The van der Waals surface area contributed by atoms with Gasteiger partial charge in [0.05, 0.1) is 17.7 Å². The average Bonchev–Trinajstić information content (AvgIpc) is 2.65. The third-order valence-electron chi connectivity index (χ3n) is 5.29. The Labute approximate surface area is 164 Å². The van der Waals surface area contributed by atoms with Gasteiger partial charge in [0, 0.05) is 32.7 Å². The molecular weight excluding hydrogens is 396 g/mol. The predicted octanol–water partition coefficient (Wildman–Crippen LogP) is 3.10. The Morgan fingerprint density at radius 1 is 1.27 bits per heavy atom. The number of halogens is 1. The molecule has 2 aliphatic rings. The zero-order valence-electron chi connectivity index (χ0n) is 15.7. The third-order valence-corrected chi connectivity index (χ3v) is 5.90. The minimum atomic E-state index is -0.468. The summed E-state index contributed by atoms with van der Waals surface area (Å²) in [6.45, 7) is 10.4. The van der Waals surface area contributed by atoms with E-state index in [1.807, 2.05) is 36.9 Å². The normalized spacial score (nSPS) is 20.8. The fourth-order valence-electron chi connectivity index (χ4n) is 3.68. The number of rotatable bonds is 5. The molecular formula is C20H29BrN2O3. The molecule has 1 atom stereocenters. The lowest BCUT2D eigenvalue weighted by atomic mass is 9.95. The van der Waals surface area contributed by atoms with Gasteiger partial charge in [-0.05, 0) is 66.2 Å². The molecule has 2 saturated heterocycles. The highest BCUT2D eigenvalue weighted by Gasteiger charge is 2.28. The first-order valence-electron chi connectivity index (χ1n) is 9.54. The average molecular weight is 425 g/mol. The van der Waals surface area contributed by atoms with E-state index in [9.17, 15) is 4.79 Å². The quantitative estimate of drug-likeness (QED) is 0.727. The van der Waals surface area contributed by atoms with Crippen molar-refractivity contribution in [1.82, 2.24) is 9.80 Å². The van der Waals surface area contributed by atoms with Gasteiger partial charge in [-0.1, -0.05) is 6.07 Å². The number of morpholine rings is 1. The van der Waals surface area contributed by atoms with Crippen molar-refractivity contribution < 1.29 is 14.3 Å². The lowest BCUT2D eigenvalue weighted by Gasteiger charge is -2.36. The lowest BCUT2D eigenvalue weighted by Crippen LogP contribution is -2.47. The summed E-state index contributed by atoms with van der Waals surface area (Å²) >= 11 is 3.51. The van der Waals surface area contributed by atoms with Crippen LogP contribution in [0, 0.1) is 12.8 Å². The number of aryl methyl sites for hydroxylation is 1. The Bertz CT molecular complexity index is 611. The molecule has 1 aromatic rings. The van der Waals surface area contributed by atoms with Gasteiger partial charge in [0.1, 0.15) is 5.75 Å². The Hall–Kier alpha value is -1.11. The zero-order valence-corrected chi connectivity index (χ0v) is 17.3. The highest BCUT2D eigenvalue weighted by Crippen LogP contribution is 2.27. The second-order valence-electron chi connectivity index (χ2n) is 7.38. The minimum absolute atomic E-state index is 0.0855. The van der Waals surface area contributed by atoms with Crippen LogP contribution >= 0.6 is 15.9 Å². The monoisotopic (exact) mass is 424 g/mol. The van der Waals surface area contributed by atoms with Crippen LogP contribution in [0.5, 0.6) is 5.75 Å². The molecule has 0 radical (unpaired) electrons. The fraction of sp³-hybridized carbons (Fsp3) is 0.650. The molecule has 2 heterocycles. The number of carbonyl (C=O) groups is 1. The Morgan fingerprint density at radius 3 is 2.62 bits per heavy atom. The van der Waals surface area contributed by atoms with Gasteiger partial charge in [0.25, 0.3) is 5.91 Å². The molecule has 0 spiro atoms. The van der Waals surface area contributed by atoms with Crippen LogP contribution in [-0.2, 0) is 9.53 Å². The first kappa shape index (κ1) is 19.6. The van der Waals surface area contributed by atoms with Crippen LogP contribution in [0.15, 0.2) is 22.7 Å². The summed E-state index contributed by atoms with van der Waals surface area (Å²) in [5, 5.41) is 0. The van der Waals surface area contributed by atoms with Crippen LogP contribution in [-0.4, -0.2) is 67.7 Å². The number of amides is 1. The van der Waals surface area contributed by atoms with E-state index in [4.69, 9.17) is 9.47 Å². The van der Waals surface area contributed by atoms with Gasteiger partial charge in [-0.25, -0.2) is 0 Å². The summed E-state index contributed by atoms with van der Waals surface area (Å²) in [7, 11) is 0. The van der Waals surface area contributed by atoms with Gasteiger partial charge in [0.2, 0.25) is 0 Å². The molecule has 0 aliphatic carbocycles. The van der Waals surface area contributed by atoms with Crippen LogP contribution in [0.4, 0.5) is 0 Å². The summed E-state index contributed by atoms with van der Waals surface area (Å²) in [6, 6.07) is 5.91. The maximum atomic E-state index is 12.7. The standard InChI is InChI=1S/C20H29BrN2O3/c1-15-3-4-19(18(21)13-15)26-16(2)20(24)23-7-5-17(6-8-23)14-22-9-11-25-12-10-22/h3-4,13,16-17H,5-12,14H2,1-2H3. The second-order valence-corrected chi connectivity index (χ2v) is 8.23. The van der Waals surface area contributed by atoms with Gasteiger partial charge in [-0.3, -0.25) is 9.69 Å². The van der Waals surface area contributed by atoms with Gasteiger partial charge in [-0.2, -0.15) is 0 Å². The fourth-order valence-corrected chi connectivity index (χ4v) is 4.27. The molecule has 1 amide bonds. The van der Waals surface area contributed by atoms with E-state index in [0.717, 1.165) is 74.6 Å². The SMILES string of the molecule is Cc1ccc(OC(C)C(=O)N2CCC(CN3CCOCC3)CC2)c(Br)c1. The van der Waals surface area contributed by atoms with E-state index in [-0.39, 0.29) is 5.91 Å². The van der Waals surface area contributed by atoms with Gasteiger partial charge in [0.15, 0.2) is 6.10 Å². The van der Waals surface area contributed by atoms with E-state index in [2.05, 4.69) is 20.8 Å². The van der Waals surface area contributed by atoms with Gasteiger partial charge < -0.3 is 14.4 Å². The first-order valence-corrected chi connectivity index (χ1v) is 10.3. The van der Waals surface area contributed by atoms with Crippen LogP contribution < -0.4 is 4.74 Å². The molecule has 1 unspecified atom stereocenters. The van der Waals surface area contributed by atoms with Crippen LogP contribution in [0.1, 0.15) is 25.3 Å². The third kappa shape index (κ3) is 5.21. The van der Waals surface area contributed by atoms with E-state index < -0.39 is 6.10 Å². The lowest BCUT2D eigenvalue weighted by molar-refractivity contribution is -0.139. The van der Waals surface area contributed by atoms with Crippen molar-refractivity contribution in [2.24, 2.45) is 5.92 Å². The molecule has 0 saturated carbocycles. The molecule has 5 nitrogen and oxygen atoms in total. The van der Waals surface area contributed by atoms with Crippen LogP contribution in [0.3, 0.4) is 0 Å². The van der Waals surface area contributed by atoms with E-state index in [1.165, 1.54) is 0 Å². The van der Waals surface area contributed by atoms with Crippen molar-refractivity contribution in [2.45, 2.75) is 32.8 Å². The zero-order chi connectivity index (χ0) is 18.5. The summed E-state index contributed by atoms with van der Waals surface area (Å²) in [5.41, 5.74) is 1.16. The van der Waals surface area contributed by atoms with Crippen molar-refractivity contribution >= 4 is 21.8 Å². The molecule has 0 bridgehead atoms. The number of hydrogen-bond donors (Lipinski definition) is 0. The first-order chi connectivity index (χ1) is 12.5. The van der Waals surface area contributed by atoms with Crippen molar-refractivity contribution in [3.8, 4) is 5.75 Å². The van der Waals surface area contributed by atoms with Gasteiger partial charge >= 0.3 is 0 Å². The summed E-state index contributed by atoms with van der Waals surface area (Å²) in [6.07, 6.45) is 1.68. The van der Waals surface area contributed by atoms with Crippen LogP contribution in [0.2, 0.25) is 0 Å². The summed E-state index contributed by atoms with van der Waals surface area (Å²) in [5.74, 6) is 1.49. The Morgan fingerprint density at radius 2 is 1.96 bits per heavy atom. The number of ether oxygens (including phenoxy) is 2. The molecule has 0 N–H and O–H groups in total. The van der Waals surface area contributed by atoms with Crippen molar-refractivity contribution in [1.29, 1.82) is 0 Å².